The molecule has 0 saturated carbocycles. The van der Waals surface area contributed by atoms with Gasteiger partial charge in [0.05, 0.1) is 37.0 Å². The van der Waals surface area contributed by atoms with Crippen molar-refractivity contribution in [3.8, 4) is 22.9 Å². The molecular formula is C31H27N5O3. The Morgan fingerprint density at radius 2 is 1.51 bits per heavy atom. The molecule has 0 N–H and O–H groups in total. The van der Waals surface area contributed by atoms with Gasteiger partial charge in [0.15, 0.2) is 0 Å². The molecule has 1 amide bonds. The number of methoxy groups -OCH3 is 2. The summed E-state index contributed by atoms with van der Waals surface area (Å²) >= 11 is 0. The zero-order valence-corrected chi connectivity index (χ0v) is 21.7. The summed E-state index contributed by atoms with van der Waals surface area (Å²) in [4.78, 5) is 23.0. The maximum Gasteiger partial charge on any atom is 0.263 e. The molecule has 1 atom stereocenters. The number of carbonyl (C=O) groups is 1. The first kappa shape index (κ1) is 24.4. The van der Waals surface area contributed by atoms with Crippen LogP contribution in [-0.4, -0.2) is 45.4 Å². The van der Waals surface area contributed by atoms with Crippen LogP contribution in [0.25, 0.3) is 22.4 Å². The van der Waals surface area contributed by atoms with E-state index in [0.29, 0.717) is 12.2 Å². The van der Waals surface area contributed by atoms with E-state index in [0.717, 1.165) is 44.9 Å². The zero-order chi connectivity index (χ0) is 26.8. The summed E-state index contributed by atoms with van der Waals surface area (Å²) in [6.07, 6.45) is 4.05. The number of nitrogens with zero attached hydrogens (tertiary/aromatic N) is 5. The average molecular weight is 518 g/mol. The lowest BCUT2D eigenvalue weighted by Gasteiger charge is -2.23. The third kappa shape index (κ3) is 4.72. The Morgan fingerprint density at radius 3 is 2.21 bits per heavy atom. The van der Waals surface area contributed by atoms with Crippen LogP contribution in [-0.2, 0) is 11.3 Å². The van der Waals surface area contributed by atoms with Gasteiger partial charge in [-0.05, 0) is 71.8 Å². The van der Waals surface area contributed by atoms with E-state index < -0.39 is 0 Å². The Kier molecular flexibility index (Phi) is 6.50. The molecule has 0 aliphatic carbocycles. The molecule has 0 saturated heterocycles. The molecule has 3 heterocycles. The molecule has 0 bridgehead atoms. The van der Waals surface area contributed by atoms with Crippen LogP contribution < -0.4 is 9.47 Å². The maximum atomic E-state index is 14.0. The molecule has 1 aliphatic rings. The highest BCUT2D eigenvalue weighted by Crippen LogP contribution is 2.35. The molecule has 0 spiro atoms. The second-order valence-electron chi connectivity index (χ2n) is 9.25. The van der Waals surface area contributed by atoms with Crippen LogP contribution in [0.1, 0.15) is 23.6 Å². The molecule has 2 aromatic heterocycles. The van der Waals surface area contributed by atoms with Gasteiger partial charge in [-0.3, -0.25) is 9.78 Å². The lowest BCUT2D eigenvalue weighted by atomic mass is 9.98. The Labute approximate surface area is 226 Å². The van der Waals surface area contributed by atoms with Crippen molar-refractivity contribution < 1.29 is 14.3 Å². The molecular weight excluding hydrogens is 490 g/mol. The Morgan fingerprint density at radius 1 is 0.846 bits per heavy atom. The number of para-hydroxylation sites is 2. The number of hydrogen-bond acceptors (Lipinski definition) is 6. The SMILES string of the molecule is COc1ccc(C2=NN(C(=O)Cn3c(-c4ccncc4)nc4ccccc43)C(c3ccc(OC)cc3)C2)cc1. The van der Waals surface area contributed by atoms with Gasteiger partial charge in [0, 0.05) is 24.4 Å². The van der Waals surface area contributed by atoms with E-state index in [1.54, 1.807) is 31.6 Å². The van der Waals surface area contributed by atoms with E-state index in [-0.39, 0.29) is 18.5 Å². The lowest BCUT2D eigenvalue weighted by molar-refractivity contribution is -0.133. The fourth-order valence-corrected chi connectivity index (χ4v) is 4.95. The van der Waals surface area contributed by atoms with Crippen LogP contribution in [0.5, 0.6) is 11.5 Å². The summed E-state index contributed by atoms with van der Waals surface area (Å²) in [7, 11) is 3.28. The normalized spacial score (nSPS) is 14.9. The van der Waals surface area contributed by atoms with Crippen molar-refractivity contribution in [2.75, 3.05) is 14.2 Å². The van der Waals surface area contributed by atoms with Crippen LogP contribution in [0.15, 0.2) is 102 Å². The topological polar surface area (TPSA) is 81.8 Å². The van der Waals surface area contributed by atoms with Crippen molar-refractivity contribution in [2.24, 2.45) is 5.10 Å². The van der Waals surface area contributed by atoms with E-state index in [1.165, 1.54) is 0 Å². The summed E-state index contributed by atoms with van der Waals surface area (Å²) in [6, 6.07) is 27.0. The molecule has 194 valence electrons. The highest BCUT2D eigenvalue weighted by Gasteiger charge is 2.34. The number of amides is 1. The van der Waals surface area contributed by atoms with Gasteiger partial charge in [-0.2, -0.15) is 5.10 Å². The summed E-state index contributed by atoms with van der Waals surface area (Å²) in [5.41, 5.74) is 5.39. The first-order chi connectivity index (χ1) is 19.1. The zero-order valence-electron chi connectivity index (χ0n) is 21.7. The van der Waals surface area contributed by atoms with Crippen LogP contribution in [0.4, 0.5) is 0 Å². The van der Waals surface area contributed by atoms with E-state index in [1.807, 2.05) is 89.5 Å². The maximum absolute atomic E-state index is 14.0. The number of imidazole rings is 1. The average Bonchev–Trinajstić information content (AvgIpc) is 3.60. The van der Waals surface area contributed by atoms with Gasteiger partial charge in [0.2, 0.25) is 0 Å². The van der Waals surface area contributed by atoms with Gasteiger partial charge in [-0.25, -0.2) is 9.99 Å². The van der Waals surface area contributed by atoms with E-state index in [9.17, 15) is 4.79 Å². The number of aromatic nitrogens is 3. The van der Waals surface area contributed by atoms with Gasteiger partial charge in [-0.1, -0.05) is 24.3 Å². The van der Waals surface area contributed by atoms with Crippen LogP contribution >= 0.6 is 0 Å². The molecule has 39 heavy (non-hydrogen) atoms. The van der Waals surface area contributed by atoms with Gasteiger partial charge >= 0.3 is 0 Å². The van der Waals surface area contributed by atoms with E-state index in [2.05, 4.69) is 4.98 Å². The number of rotatable bonds is 7. The van der Waals surface area contributed by atoms with Crippen molar-refractivity contribution in [1.82, 2.24) is 19.5 Å². The molecule has 5 aromatic rings. The fourth-order valence-electron chi connectivity index (χ4n) is 4.95. The minimum Gasteiger partial charge on any atom is -0.497 e. The highest BCUT2D eigenvalue weighted by molar-refractivity contribution is 6.03. The van der Waals surface area contributed by atoms with Crippen LogP contribution in [0.3, 0.4) is 0 Å². The molecule has 6 rings (SSSR count). The summed E-state index contributed by atoms with van der Waals surface area (Å²) in [5, 5.41) is 6.48. The first-order valence-electron chi connectivity index (χ1n) is 12.7. The number of fused-ring (bicyclic) bond motifs is 1. The smallest absolute Gasteiger partial charge is 0.263 e. The minimum atomic E-state index is -0.250. The van der Waals surface area contributed by atoms with E-state index >= 15 is 0 Å². The summed E-state index contributed by atoms with van der Waals surface area (Å²) < 4.78 is 12.6. The second-order valence-corrected chi connectivity index (χ2v) is 9.25. The quantitative estimate of drug-likeness (QED) is 0.285. The van der Waals surface area contributed by atoms with Crippen molar-refractivity contribution >= 4 is 22.7 Å². The van der Waals surface area contributed by atoms with Crippen molar-refractivity contribution in [2.45, 2.75) is 19.0 Å². The van der Waals surface area contributed by atoms with Gasteiger partial charge in [0.1, 0.15) is 23.9 Å². The van der Waals surface area contributed by atoms with Crippen LogP contribution in [0.2, 0.25) is 0 Å². The predicted octanol–water partition coefficient (Wildman–Crippen LogP) is 5.49. The summed E-state index contributed by atoms with van der Waals surface area (Å²) in [6.45, 7) is 0.0875. The van der Waals surface area contributed by atoms with Crippen LogP contribution in [0, 0.1) is 0 Å². The predicted molar refractivity (Wildman–Crippen MR) is 150 cm³/mol. The molecule has 8 heteroatoms. The van der Waals surface area contributed by atoms with Crippen molar-refractivity contribution in [1.29, 1.82) is 0 Å². The molecule has 0 fully saturated rings. The van der Waals surface area contributed by atoms with Crippen molar-refractivity contribution in [3.63, 3.8) is 0 Å². The summed E-state index contributed by atoms with van der Waals surface area (Å²) in [5.74, 6) is 2.12. The number of ether oxygens (including phenoxy) is 2. The minimum absolute atomic E-state index is 0.0875. The second kappa shape index (κ2) is 10.4. The van der Waals surface area contributed by atoms with Gasteiger partial charge < -0.3 is 14.0 Å². The van der Waals surface area contributed by atoms with Gasteiger partial charge in [-0.15, -0.1) is 0 Å². The highest BCUT2D eigenvalue weighted by atomic mass is 16.5. The Bertz CT molecular complexity index is 1640. The van der Waals surface area contributed by atoms with Crippen molar-refractivity contribution in [3.05, 3.63) is 108 Å². The number of carbonyl (C=O) groups excluding carboxylic acids is 1. The largest absolute Gasteiger partial charge is 0.497 e. The third-order valence-electron chi connectivity index (χ3n) is 6.98. The third-order valence-corrected chi connectivity index (χ3v) is 6.98. The van der Waals surface area contributed by atoms with E-state index in [4.69, 9.17) is 19.6 Å². The standard InChI is InChI=1S/C31H27N5O3/c1-38-24-11-7-21(8-12-24)27-19-29(22-9-13-25(39-2)14-10-22)36(34-27)30(37)20-35-28-6-4-3-5-26(28)33-31(35)23-15-17-32-18-16-23/h3-18,29H,19-20H2,1-2H3. The Hall–Kier alpha value is -4.98. The number of pyridine rings is 1. The molecule has 3 aromatic carbocycles. The number of hydrogen-bond donors (Lipinski definition) is 0. The number of benzene rings is 3. The molecule has 0 radical (unpaired) electrons. The molecule has 1 aliphatic heterocycles. The molecule has 1 unspecified atom stereocenters. The lowest BCUT2D eigenvalue weighted by Crippen LogP contribution is -2.30. The van der Waals surface area contributed by atoms with Gasteiger partial charge in [0.25, 0.3) is 5.91 Å². The monoisotopic (exact) mass is 517 g/mol. The first-order valence-corrected chi connectivity index (χ1v) is 12.7. The Balaban J connectivity index is 1.38. The molecule has 8 nitrogen and oxygen atoms in total. The number of hydrazone groups is 1. The fraction of sp³-hybridized carbons (Fsp3) is 0.161.